The molecule has 3 aromatic rings. The first-order valence-electron chi connectivity index (χ1n) is 8.38. The number of aromatic amines is 1. The lowest BCUT2D eigenvalue weighted by molar-refractivity contribution is -0.121. The summed E-state index contributed by atoms with van der Waals surface area (Å²) in [6, 6.07) is 12.1. The highest BCUT2D eigenvalue weighted by Gasteiger charge is 2.12. The van der Waals surface area contributed by atoms with E-state index >= 15 is 0 Å². The van der Waals surface area contributed by atoms with Crippen molar-refractivity contribution in [3.63, 3.8) is 0 Å². The van der Waals surface area contributed by atoms with E-state index in [9.17, 15) is 23.9 Å². The average molecular weight is 371 g/mol. The Bertz CT molecular complexity index is 1090. The number of rotatable bonds is 6. The number of benzene rings is 2. The molecular weight excluding hydrogens is 353 g/mol. The van der Waals surface area contributed by atoms with E-state index in [1.165, 1.54) is 22.8 Å². The number of H-pyrrole nitrogens is 1. The van der Waals surface area contributed by atoms with Gasteiger partial charge in [0.15, 0.2) is 0 Å². The van der Waals surface area contributed by atoms with E-state index in [1.54, 1.807) is 30.3 Å². The summed E-state index contributed by atoms with van der Waals surface area (Å²) in [4.78, 5) is 38.2. The highest BCUT2D eigenvalue weighted by molar-refractivity contribution is 5.78. The van der Waals surface area contributed by atoms with Gasteiger partial charge in [0.05, 0.1) is 17.0 Å². The largest absolute Gasteiger partial charge is 0.387 e. The number of nitrogens with zero attached hydrogens (tertiary/aromatic N) is 1. The van der Waals surface area contributed by atoms with Gasteiger partial charge in [0.2, 0.25) is 5.91 Å². The Labute approximate surface area is 153 Å². The molecule has 7 nitrogen and oxygen atoms in total. The van der Waals surface area contributed by atoms with Gasteiger partial charge in [0, 0.05) is 19.5 Å². The lowest BCUT2D eigenvalue weighted by Gasteiger charge is -2.13. The van der Waals surface area contributed by atoms with Crippen LogP contribution in [0.3, 0.4) is 0 Å². The van der Waals surface area contributed by atoms with E-state index in [0.717, 1.165) is 0 Å². The van der Waals surface area contributed by atoms with Crippen LogP contribution < -0.4 is 16.6 Å². The zero-order valence-corrected chi connectivity index (χ0v) is 14.3. The normalized spacial score (nSPS) is 12.1. The molecule has 0 radical (unpaired) electrons. The molecule has 0 bridgehead atoms. The number of fused-ring (bicyclic) bond motifs is 1. The van der Waals surface area contributed by atoms with Crippen LogP contribution in [-0.4, -0.2) is 27.1 Å². The highest BCUT2D eigenvalue weighted by Crippen LogP contribution is 2.13. The molecule has 1 heterocycles. The molecule has 0 aliphatic heterocycles. The zero-order chi connectivity index (χ0) is 19.4. The van der Waals surface area contributed by atoms with Gasteiger partial charge in [-0.3, -0.25) is 19.1 Å². The lowest BCUT2D eigenvalue weighted by atomic mass is 10.1. The molecule has 0 saturated heterocycles. The van der Waals surface area contributed by atoms with Crippen molar-refractivity contribution < 1.29 is 14.3 Å². The van der Waals surface area contributed by atoms with Crippen LogP contribution in [0.2, 0.25) is 0 Å². The Morgan fingerprint density at radius 1 is 1.19 bits per heavy atom. The monoisotopic (exact) mass is 371 g/mol. The number of aromatic nitrogens is 2. The lowest BCUT2D eigenvalue weighted by Crippen LogP contribution is -2.33. The first-order valence-corrected chi connectivity index (χ1v) is 8.38. The van der Waals surface area contributed by atoms with Gasteiger partial charge in [0.25, 0.3) is 5.56 Å². The number of amides is 1. The van der Waals surface area contributed by atoms with Crippen molar-refractivity contribution >= 4 is 16.8 Å². The molecule has 2 aromatic carbocycles. The number of aryl methyl sites for hydroxylation is 1. The summed E-state index contributed by atoms with van der Waals surface area (Å²) in [5.74, 6) is -0.852. The SMILES string of the molecule is O=C(CCn1c(=O)[nH]c(=O)c2ccccc21)NCC(O)c1cccc(F)c1. The summed E-state index contributed by atoms with van der Waals surface area (Å²) in [6.07, 6.45) is -1.06. The zero-order valence-electron chi connectivity index (χ0n) is 14.3. The Kier molecular flexibility index (Phi) is 5.46. The molecule has 3 N–H and O–H groups in total. The number of nitrogens with one attached hydrogen (secondary N) is 2. The number of carbonyl (C=O) groups excluding carboxylic acids is 1. The summed E-state index contributed by atoms with van der Waals surface area (Å²) >= 11 is 0. The quantitative estimate of drug-likeness (QED) is 0.603. The van der Waals surface area contributed by atoms with E-state index in [1.807, 2.05) is 0 Å². The van der Waals surface area contributed by atoms with E-state index in [2.05, 4.69) is 10.3 Å². The van der Waals surface area contributed by atoms with Crippen molar-refractivity contribution in [2.24, 2.45) is 0 Å². The van der Waals surface area contributed by atoms with Gasteiger partial charge in [-0.2, -0.15) is 0 Å². The van der Waals surface area contributed by atoms with Gasteiger partial charge in [-0.15, -0.1) is 0 Å². The summed E-state index contributed by atoms with van der Waals surface area (Å²) in [7, 11) is 0. The van der Waals surface area contributed by atoms with Crippen molar-refractivity contribution in [2.75, 3.05) is 6.54 Å². The molecule has 1 unspecified atom stereocenters. The van der Waals surface area contributed by atoms with Gasteiger partial charge in [-0.25, -0.2) is 9.18 Å². The van der Waals surface area contributed by atoms with E-state index in [0.29, 0.717) is 16.5 Å². The summed E-state index contributed by atoms with van der Waals surface area (Å²) < 4.78 is 14.5. The van der Waals surface area contributed by atoms with Crippen LogP contribution in [0.25, 0.3) is 10.9 Å². The van der Waals surface area contributed by atoms with Crippen LogP contribution in [0.5, 0.6) is 0 Å². The summed E-state index contributed by atoms with van der Waals surface area (Å²) in [6.45, 7) is -0.0123. The fourth-order valence-corrected chi connectivity index (χ4v) is 2.81. The van der Waals surface area contributed by atoms with Gasteiger partial charge in [-0.1, -0.05) is 24.3 Å². The fraction of sp³-hybridized carbons (Fsp3) is 0.211. The smallest absolute Gasteiger partial charge is 0.328 e. The molecule has 3 rings (SSSR count). The van der Waals surface area contributed by atoms with Crippen LogP contribution in [0.4, 0.5) is 4.39 Å². The topological polar surface area (TPSA) is 104 Å². The Hall–Kier alpha value is -3.26. The third kappa shape index (κ3) is 4.29. The first-order chi connectivity index (χ1) is 13.0. The third-order valence-electron chi connectivity index (χ3n) is 4.19. The molecule has 1 amide bonds. The predicted octanol–water partition coefficient (Wildman–Crippen LogP) is 1.07. The number of hydrogen-bond acceptors (Lipinski definition) is 4. The van der Waals surface area contributed by atoms with Crippen LogP contribution in [0.15, 0.2) is 58.1 Å². The van der Waals surface area contributed by atoms with Crippen molar-refractivity contribution in [3.8, 4) is 0 Å². The molecule has 0 fully saturated rings. The minimum absolute atomic E-state index is 0.0220. The molecule has 27 heavy (non-hydrogen) atoms. The van der Waals surface area contributed by atoms with Crippen molar-refractivity contribution in [1.82, 2.24) is 14.9 Å². The van der Waals surface area contributed by atoms with Crippen LogP contribution in [-0.2, 0) is 11.3 Å². The molecular formula is C19H18FN3O4. The molecule has 140 valence electrons. The third-order valence-corrected chi connectivity index (χ3v) is 4.19. The maximum absolute atomic E-state index is 13.2. The van der Waals surface area contributed by atoms with Crippen molar-refractivity contribution in [1.29, 1.82) is 0 Å². The standard InChI is InChI=1S/C19H18FN3O4/c20-13-5-3-4-12(10-13)16(24)11-21-17(25)8-9-23-15-7-2-1-6-14(15)18(26)22-19(23)27/h1-7,10,16,24H,8-9,11H2,(H,21,25)(H,22,26,27). The molecule has 0 saturated carbocycles. The number of hydrogen-bond donors (Lipinski definition) is 3. The van der Waals surface area contributed by atoms with Gasteiger partial charge in [-0.05, 0) is 29.8 Å². The Morgan fingerprint density at radius 2 is 1.96 bits per heavy atom. The van der Waals surface area contributed by atoms with E-state index < -0.39 is 23.2 Å². The minimum atomic E-state index is -1.04. The van der Waals surface area contributed by atoms with Crippen LogP contribution in [0.1, 0.15) is 18.1 Å². The first kappa shape index (κ1) is 18.5. The van der Waals surface area contributed by atoms with E-state index in [-0.39, 0.29) is 25.4 Å². The molecule has 0 aliphatic carbocycles. The average Bonchev–Trinajstić information content (AvgIpc) is 2.66. The molecule has 1 atom stereocenters. The van der Waals surface area contributed by atoms with E-state index in [4.69, 9.17) is 0 Å². The predicted molar refractivity (Wildman–Crippen MR) is 97.8 cm³/mol. The highest BCUT2D eigenvalue weighted by atomic mass is 19.1. The second-order valence-corrected chi connectivity index (χ2v) is 6.05. The van der Waals surface area contributed by atoms with Crippen LogP contribution in [0, 0.1) is 5.82 Å². The number of aliphatic hydroxyl groups excluding tert-OH is 1. The number of aliphatic hydroxyl groups is 1. The van der Waals surface area contributed by atoms with Crippen molar-refractivity contribution in [2.45, 2.75) is 19.1 Å². The number of carbonyl (C=O) groups is 1. The van der Waals surface area contributed by atoms with Crippen molar-refractivity contribution in [3.05, 3.63) is 80.7 Å². The number of para-hydroxylation sites is 1. The summed E-state index contributed by atoms with van der Waals surface area (Å²) in [5.41, 5.74) is -0.266. The Balaban J connectivity index is 1.64. The molecule has 8 heteroatoms. The van der Waals surface area contributed by atoms with Gasteiger partial charge >= 0.3 is 5.69 Å². The van der Waals surface area contributed by atoms with Crippen LogP contribution >= 0.6 is 0 Å². The Morgan fingerprint density at radius 3 is 2.74 bits per heavy atom. The maximum Gasteiger partial charge on any atom is 0.328 e. The van der Waals surface area contributed by atoms with Gasteiger partial charge in [0.1, 0.15) is 5.82 Å². The number of halogens is 1. The molecule has 1 aromatic heterocycles. The molecule has 0 spiro atoms. The minimum Gasteiger partial charge on any atom is -0.387 e. The molecule has 0 aliphatic rings. The second-order valence-electron chi connectivity index (χ2n) is 6.05. The maximum atomic E-state index is 13.2. The second kappa shape index (κ2) is 7.96. The van der Waals surface area contributed by atoms with Gasteiger partial charge < -0.3 is 10.4 Å². The fourth-order valence-electron chi connectivity index (χ4n) is 2.81. The summed E-state index contributed by atoms with van der Waals surface area (Å²) in [5, 5.41) is 12.9.